The second-order valence-corrected chi connectivity index (χ2v) is 5.54. The molecule has 2 aromatic carbocycles. The van der Waals surface area contributed by atoms with E-state index in [1.54, 1.807) is 13.0 Å². The summed E-state index contributed by atoms with van der Waals surface area (Å²) >= 11 is 0. The van der Waals surface area contributed by atoms with Crippen LogP contribution in [-0.4, -0.2) is 6.61 Å². The maximum atomic E-state index is 13.8. The maximum absolute atomic E-state index is 13.8. The SMILES string of the molecule is CCCOc1ccc(C(C)(N)c2ccc(C)c(F)c2)cc1. The minimum Gasteiger partial charge on any atom is -0.494 e. The van der Waals surface area contributed by atoms with E-state index in [1.165, 1.54) is 6.07 Å². The Balaban J connectivity index is 2.27. The van der Waals surface area contributed by atoms with Crippen LogP contribution in [0, 0.1) is 12.7 Å². The Bertz CT molecular complexity index is 605. The molecule has 0 saturated carbocycles. The molecule has 0 amide bonds. The molecule has 0 saturated heterocycles. The lowest BCUT2D eigenvalue weighted by Gasteiger charge is -2.26. The van der Waals surface area contributed by atoms with Crippen molar-refractivity contribution in [1.82, 2.24) is 0 Å². The molecule has 0 aromatic heterocycles. The first kappa shape index (κ1) is 15.5. The van der Waals surface area contributed by atoms with E-state index in [2.05, 4.69) is 6.92 Å². The summed E-state index contributed by atoms with van der Waals surface area (Å²) in [4.78, 5) is 0. The minimum atomic E-state index is -0.738. The molecule has 2 aromatic rings. The van der Waals surface area contributed by atoms with Crippen molar-refractivity contribution in [3.05, 3.63) is 65.0 Å². The Morgan fingerprint density at radius 3 is 2.29 bits per heavy atom. The summed E-state index contributed by atoms with van der Waals surface area (Å²) in [6.07, 6.45) is 0.971. The van der Waals surface area contributed by atoms with Crippen molar-refractivity contribution in [1.29, 1.82) is 0 Å². The lowest BCUT2D eigenvalue weighted by atomic mass is 9.85. The Labute approximate surface area is 125 Å². The highest BCUT2D eigenvalue weighted by atomic mass is 19.1. The third-order valence-corrected chi connectivity index (χ3v) is 3.70. The van der Waals surface area contributed by atoms with E-state index in [0.29, 0.717) is 12.2 Å². The van der Waals surface area contributed by atoms with E-state index in [9.17, 15) is 4.39 Å². The van der Waals surface area contributed by atoms with Crippen molar-refractivity contribution < 1.29 is 9.13 Å². The molecule has 2 N–H and O–H groups in total. The van der Waals surface area contributed by atoms with Gasteiger partial charge in [-0.2, -0.15) is 0 Å². The van der Waals surface area contributed by atoms with Crippen molar-refractivity contribution in [2.75, 3.05) is 6.61 Å². The highest BCUT2D eigenvalue weighted by molar-refractivity contribution is 5.40. The van der Waals surface area contributed by atoms with Crippen molar-refractivity contribution in [2.45, 2.75) is 32.7 Å². The summed E-state index contributed by atoms with van der Waals surface area (Å²) in [7, 11) is 0. The summed E-state index contributed by atoms with van der Waals surface area (Å²) in [5.41, 5.74) is 7.99. The predicted molar refractivity (Wildman–Crippen MR) is 84.0 cm³/mol. The van der Waals surface area contributed by atoms with Crippen LogP contribution in [0.5, 0.6) is 5.75 Å². The zero-order valence-corrected chi connectivity index (χ0v) is 12.8. The summed E-state index contributed by atoms with van der Waals surface area (Å²) in [5, 5.41) is 0. The van der Waals surface area contributed by atoms with E-state index in [0.717, 1.165) is 23.3 Å². The smallest absolute Gasteiger partial charge is 0.126 e. The fourth-order valence-electron chi connectivity index (χ4n) is 2.20. The molecule has 2 rings (SSSR count). The Morgan fingerprint density at radius 2 is 1.71 bits per heavy atom. The van der Waals surface area contributed by atoms with Gasteiger partial charge >= 0.3 is 0 Å². The second kappa shape index (κ2) is 6.27. The largest absolute Gasteiger partial charge is 0.494 e. The number of nitrogens with two attached hydrogens (primary N) is 1. The van der Waals surface area contributed by atoms with Crippen LogP contribution in [-0.2, 0) is 5.54 Å². The number of ether oxygens (including phenoxy) is 1. The number of benzene rings is 2. The van der Waals surface area contributed by atoms with Crippen LogP contribution in [0.1, 0.15) is 37.0 Å². The van der Waals surface area contributed by atoms with Gasteiger partial charge in [-0.25, -0.2) is 4.39 Å². The lowest BCUT2D eigenvalue weighted by Crippen LogP contribution is -2.34. The van der Waals surface area contributed by atoms with Crippen molar-refractivity contribution in [2.24, 2.45) is 5.73 Å². The first-order valence-electron chi connectivity index (χ1n) is 7.24. The van der Waals surface area contributed by atoms with Gasteiger partial charge in [0.2, 0.25) is 0 Å². The van der Waals surface area contributed by atoms with Crippen molar-refractivity contribution >= 4 is 0 Å². The minimum absolute atomic E-state index is 0.230. The monoisotopic (exact) mass is 287 g/mol. The van der Waals surface area contributed by atoms with Crippen LogP contribution in [0.3, 0.4) is 0 Å². The Morgan fingerprint density at radius 1 is 1.10 bits per heavy atom. The Kier molecular flexibility index (Phi) is 4.63. The van der Waals surface area contributed by atoms with Crippen molar-refractivity contribution in [3.63, 3.8) is 0 Å². The number of rotatable bonds is 5. The standard InChI is InChI=1S/C18H22FNO/c1-4-11-21-16-9-7-14(8-10-16)18(3,20)15-6-5-13(2)17(19)12-15/h5-10,12H,4,11,20H2,1-3H3. The van der Waals surface area contributed by atoms with Crippen LogP contribution in [0.4, 0.5) is 4.39 Å². The normalized spacial score (nSPS) is 13.8. The fourth-order valence-corrected chi connectivity index (χ4v) is 2.20. The first-order chi connectivity index (χ1) is 9.95. The molecule has 1 unspecified atom stereocenters. The van der Waals surface area contributed by atoms with Gasteiger partial charge in [-0.15, -0.1) is 0 Å². The van der Waals surface area contributed by atoms with Crippen LogP contribution in [0.25, 0.3) is 0 Å². The number of hydrogen-bond acceptors (Lipinski definition) is 2. The molecule has 0 aliphatic heterocycles. The van der Waals surface area contributed by atoms with Gasteiger partial charge in [-0.1, -0.05) is 31.2 Å². The highest BCUT2D eigenvalue weighted by Crippen LogP contribution is 2.29. The molecule has 0 heterocycles. The average molecular weight is 287 g/mol. The molecule has 0 aliphatic carbocycles. The van der Waals surface area contributed by atoms with Crippen molar-refractivity contribution in [3.8, 4) is 5.75 Å². The molecular formula is C18H22FNO. The fraction of sp³-hybridized carbons (Fsp3) is 0.333. The van der Waals surface area contributed by atoms with Crippen LogP contribution in [0.15, 0.2) is 42.5 Å². The molecule has 112 valence electrons. The molecule has 3 heteroatoms. The maximum Gasteiger partial charge on any atom is 0.126 e. The van der Waals surface area contributed by atoms with E-state index >= 15 is 0 Å². The van der Waals surface area contributed by atoms with E-state index in [-0.39, 0.29) is 5.82 Å². The molecule has 0 fully saturated rings. The van der Waals surface area contributed by atoms with Gasteiger partial charge in [0.15, 0.2) is 0 Å². The van der Waals surface area contributed by atoms with Crippen LogP contribution < -0.4 is 10.5 Å². The average Bonchev–Trinajstić information content (AvgIpc) is 2.48. The predicted octanol–water partition coefficient (Wildman–Crippen LogP) is 4.15. The zero-order valence-electron chi connectivity index (χ0n) is 12.8. The summed E-state index contributed by atoms with van der Waals surface area (Å²) in [6.45, 7) is 6.39. The zero-order chi connectivity index (χ0) is 15.5. The van der Waals surface area contributed by atoms with Crippen LogP contribution in [0.2, 0.25) is 0 Å². The number of aryl methyl sites for hydroxylation is 1. The molecule has 0 aliphatic rings. The third-order valence-electron chi connectivity index (χ3n) is 3.70. The van der Waals surface area contributed by atoms with Gasteiger partial charge in [-0.3, -0.25) is 0 Å². The van der Waals surface area contributed by atoms with E-state index in [1.807, 2.05) is 37.3 Å². The molecule has 21 heavy (non-hydrogen) atoms. The molecule has 2 nitrogen and oxygen atoms in total. The van der Waals surface area contributed by atoms with Gasteiger partial charge < -0.3 is 10.5 Å². The molecule has 1 atom stereocenters. The summed E-state index contributed by atoms with van der Waals surface area (Å²) in [6, 6.07) is 12.8. The topological polar surface area (TPSA) is 35.2 Å². The third kappa shape index (κ3) is 3.42. The van der Waals surface area contributed by atoms with E-state index in [4.69, 9.17) is 10.5 Å². The van der Waals surface area contributed by atoms with Gasteiger partial charge in [0.05, 0.1) is 12.1 Å². The molecule has 0 bridgehead atoms. The van der Waals surface area contributed by atoms with Gasteiger partial charge in [0, 0.05) is 0 Å². The molecular weight excluding hydrogens is 265 g/mol. The first-order valence-corrected chi connectivity index (χ1v) is 7.24. The summed E-state index contributed by atoms with van der Waals surface area (Å²) < 4.78 is 19.3. The Hall–Kier alpha value is -1.87. The second-order valence-electron chi connectivity index (χ2n) is 5.54. The van der Waals surface area contributed by atoms with Gasteiger partial charge in [0.1, 0.15) is 11.6 Å². The summed E-state index contributed by atoms with van der Waals surface area (Å²) in [5.74, 6) is 0.596. The number of halogens is 1. The van der Waals surface area contributed by atoms with Crippen LogP contribution >= 0.6 is 0 Å². The van der Waals surface area contributed by atoms with Gasteiger partial charge in [-0.05, 0) is 55.2 Å². The number of hydrogen-bond donors (Lipinski definition) is 1. The molecule has 0 spiro atoms. The lowest BCUT2D eigenvalue weighted by molar-refractivity contribution is 0.317. The van der Waals surface area contributed by atoms with E-state index < -0.39 is 5.54 Å². The van der Waals surface area contributed by atoms with Gasteiger partial charge in [0.25, 0.3) is 0 Å². The molecule has 0 radical (unpaired) electrons. The quantitative estimate of drug-likeness (QED) is 0.896. The highest BCUT2D eigenvalue weighted by Gasteiger charge is 2.24.